The van der Waals surface area contributed by atoms with E-state index in [1.165, 1.54) is 38.5 Å². The van der Waals surface area contributed by atoms with Crippen molar-refractivity contribution in [3.8, 4) is 0 Å². The normalized spacial score (nSPS) is 21.4. The van der Waals surface area contributed by atoms with Crippen LogP contribution in [0.3, 0.4) is 0 Å². The highest BCUT2D eigenvalue weighted by molar-refractivity contribution is 5.76. The molecule has 21 heavy (non-hydrogen) atoms. The third-order valence-electron chi connectivity index (χ3n) is 5.16. The number of nitrogens with zero attached hydrogens (tertiary/aromatic N) is 1. The summed E-state index contributed by atoms with van der Waals surface area (Å²) in [6, 6.07) is 0. The van der Waals surface area contributed by atoms with Crippen LogP contribution in [-0.4, -0.2) is 35.0 Å². The molecule has 4 heteroatoms. The molecule has 1 amide bonds. The van der Waals surface area contributed by atoms with Crippen LogP contribution >= 0.6 is 0 Å². The average molecular weight is 295 g/mol. The van der Waals surface area contributed by atoms with Gasteiger partial charge in [-0.15, -0.1) is 0 Å². The number of carbonyl (C=O) groups is 2. The second-order valence-corrected chi connectivity index (χ2v) is 6.82. The number of hydrogen-bond donors (Lipinski definition) is 1. The molecule has 0 radical (unpaired) electrons. The number of hydrogen-bond acceptors (Lipinski definition) is 2. The Balaban J connectivity index is 1.59. The molecule has 0 aromatic rings. The molecule has 2 rings (SSSR count). The van der Waals surface area contributed by atoms with E-state index < -0.39 is 5.97 Å². The average Bonchev–Trinajstić information content (AvgIpc) is 2.48. The van der Waals surface area contributed by atoms with E-state index in [1.807, 2.05) is 4.90 Å². The van der Waals surface area contributed by atoms with Crippen molar-refractivity contribution in [3.63, 3.8) is 0 Å². The number of likely N-dealkylation sites (tertiary alicyclic amines) is 1. The second-order valence-electron chi connectivity index (χ2n) is 6.82. The van der Waals surface area contributed by atoms with Gasteiger partial charge in [0.25, 0.3) is 0 Å². The summed E-state index contributed by atoms with van der Waals surface area (Å²) >= 11 is 0. The Morgan fingerprint density at radius 2 is 1.62 bits per heavy atom. The number of piperidine rings is 1. The Morgan fingerprint density at radius 3 is 2.24 bits per heavy atom. The minimum absolute atomic E-state index is 0.254. The Kier molecular flexibility index (Phi) is 6.52. The van der Waals surface area contributed by atoms with E-state index in [1.54, 1.807) is 0 Å². The number of rotatable bonds is 6. The molecular weight excluding hydrogens is 266 g/mol. The van der Waals surface area contributed by atoms with Crippen LogP contribution in [0.2, 0.25) is 0 Å². The van der Waals surface area contributed by atoms with Gasteiger partial charge in [0.1, 0.15) is 0 Å². The zero-order valence-corrected chi connectivity index (χ0v) is 13.1. The van der Waals surface area contributed by atoms with E-state index in [4.69, 9.17) is 5.11 Å². The maximum Gasteiger partial charge on any atom is 0.303 e. The molecular formula is C17H29NO3. The lowest BCUT2D eigenvalue weighted by molar-refractivity contribution is -0.138. The molecule has 0 unspecified atom stereocenters. The van der Waals surface area contributed by atoms with E-state index >= 15 is 0 Å². The number of aliphatic carboxylic acids is 1. The topological polar surface area (TPSA) is 57.6 Å². The zero-order chi connectivity index (χ0) is 15.1. The van der Waals surface area contributed by atoms with E-state index in [9.17, 15) is 9.59 Å². The van der Waals surface area contributed by atoms with Crippen molar-refractivity contribution >= 4 is 11.9 Å². The van der Waals surface area contributed by atoms with Crippen LogP contribution in [0, 0.1) is 11.8 Å². The van der Waals surface area contributed by atoms with Gasteiger partial charge in [-0.25, -0.2) is 0 Å². The summed E-state index contributed by atoms with van der Waals surface area (Å²) in [6.45, 7) is 1.50. The zero-order valence-electron chi connectivity index (χ0n) is 13.1. The first kappa shape index (κ1) is 16.3. The largest absolute Gasteiger partial charge is 0.481 e. The molecule has 4 nitrogen and oxygen atoms in total. The minimum Gasteiger partial charge on any atom is -0.481 e. The second kappa shape index (κ2) is 8.40. The van der Waals surface area contributed by atoms with Crippen molar-refractivity contribution in [2.45, 2.75) is 70.6 Å². The summed E-state index contributed by atoms with van der Waals surface area (Å²) in [5, 5.41) is 8.80. The Bertz CT molecular complexity index is 342. The van der Waals surface area contributed by atoms with Crippen LogP contribution in [-0.2, 0) is 9.59 Å². The predicted octanol–water partition coefficient (Wildman–Crippen LogP) is 3.45. The summed E-state index contributed by atoms with van der Waals surface area (Å²) in [6.07, 6.45) is 11.7. The maximum atomic E-state index is 12.2. The van der Waals surface area contributed by atoms with Crippen LogP contribution < -0.4 is 0 Å². The first-order chi connectivity index (χ1) is 10.1. The van der Waals surface area contributed by atoms with E-state index in [0.29, 0.717) is 6.42 Å². The third kappa shape index (κ3) is 5.68. The minimum atomic E-state index is -0.716. The maximum absolute atomic E-state index is 12.2. The molecule has 1 heterocycles. The molecule has 1 N–H and O–H groups in total. The van der Waals surface area contributed by atoms with Crippen LogP contribution in [0.5, 0.6) is 0 Å². The Hall–Kier alpha value is -1.06. The summed E-state index contributed by atoms with van der Waals surface area (Å²) in [5.74, 6) is 0.675. The fourth-order valence-corrected chi connectivity index (χ4v) is 3.81. The van der Waals surface area contributed by atoms with Crippen molar-refractivity contribution < 1.29 is 14.7 Å². The number of carbonyl (C=O) groups excluding carboxylic acids is 1. The molecule has 1 aliphatic carbocycles. The highest BCUT2D eigenvalue weighted by Crippen LogP contribution is 2.28. The molecule has 2 aliphatic rings. The van der Waals surface area contributed by atoms with Crippen LogP contribution in [0.25, 0.3) is 0 Å². The molecule has 0 atom stereocenters. The highest BCUT2D eigenvalue weighted by atomic mass is 16.4. The van der Waals surface area contributed by atoms with Gasteiger partial charge in [-0.05, 0) is 37.5 Å². The monoisotopic (exact) mass is 295 g/mol. The fourth-order valence-electron chi connectivity index (χ4n) is 3.81. The number of carboxylic acid groups (broad SMARTS) is 1. The van der Waals surface area contributed by atoms with Gasteiger partial charge in [0.05, 0.1) is 0 Å². The summed E-state index contributed by atoms with van der Waals surface area (Å²) in [7, 11) is 0. The summed E-state index contributed by atoms with van der Waals surface area (Å²) < 4.78 is 0. The smallest absolute Gasteiger partial charge is 0.303 e. The summed E-state index contributed by atoms with van der Waals surface area (Å²) in [5.41, 5.74) is 0. The molecule has 1 aliphatic heterocycles. The molecule has 0 aromatic heterocycles. The fraction of sp³-hybridized carbons (Fsp3) is 0.882. The lowest BCUT2D eigenvalue weighted by Gasteiger charge is -2.31. The van der Waals surface area contributed by atoms with Gasteiger partial charge < -0.3 is 10.0 Å². The molecule has 1 saturated heterocycles. The summed E-state index contributed by atoms with van der Waals surface area (Å²) in [4.78, 5) is 24.8. The quantitative estimate of drug-likeness (QED) is 0.816. The number of carboxylic acids is 1. The van der Waals surface area contributed by atoms with Gasteiger partial charge in [-0.2, -0.15) is 0 Å². The van der Waals surface area contributed by atoms with Crippen LogP contribution in [0.4, 0.5) is 0 Å². The molecule has 0 spiro atoms. The van der Waals surface area contributed by atoms with Crippen LogP contribution in [0.1, 0.15) is 70.6 Å². The van der Waals surface area contributed by atoms with Gasteiger partial charge in [0, 0.05) is 25.9 Å². The van der Waals surface area contributed by atoms with Crippen LogP contribution in [0.15, 0.2) is 0 Å². The van der Waals surface area contributed by atoms with Gasteiger partial charge >= 0.3 is 5.97 Å². The molecule has 0 aromatic carbocycles. The van der Waals surface area contributed by atoms with Crippen molar-refractivity contribution in [1.82, 2.24) is 4.90 Å². The van der Waals surface area contributed by atoms with Crippen molar-refractivity contribution in [2.75, 3.05) is 13.1 Å². The predicted molar refractivity (Wildman–Crippen MR) is 82.0 cm³/mol. The standard InChI is InChI=1S/C17H29NO3/c19-16(8-4-7-14-5-2-1-3-6-14)18-11-9-15(10-12-18)13-17(20)21/h14-15H,1-13H2,(H,20,21). The SMILES string of the molecule is O=C(O)CC1CCN(C(=O)CCCC2CCCCC2)CC1. The van der Waals surface area contributed by atoms with E-state index in [0.717, 1.165) is 38.3 Å². The van der Waals surface area contributed by atoms with Crippen molar-refractivity contribution in [1.29, 1.82) is 0 Å². The number of amides is 1. The van der Waals surface area contributed by atoms with E-state index in [-0.39, 0.29) is 18.2 Å². The molecule has 0 bridgehead atoms. The van der Waals surface area contributed by atoms with Gasteiger partial charge in [-0.3, -0.25) is 9.59 Å². The first-order valence-corrected chi connectivity index (χ1v) is 8.64. The van der Waals surface area contributed by atoms with Gasteiger partial charge in [0.15, 0.2) is 0 Å². The van der Waals surface area contributed by atoms with Crippen molar-refractivity contribution in [3.05, 3.63) is 0 Å². The lowest BCUT2D eigenvalue weighted by atomic mass is 9.85. The lowest BCUT2D eigenvalue weighted by Crippen LogP contribution is -2.38. The van der Waals surface area contributed by atoms with Gasteiger partial charge in [0.2, 0.25) is 5.91 Å². The third-order valence-corrected chi connectivity index (χ3v) is 5.16. The molecule has 120 valence electrons. The molecule has 2 fully saturated rings. The van der Waals surface area contributed by atoms with Crippen molar-refractivity contribution in [2.24, 2.45) is 11.8 Å². The first-order valence-electron chi connectivity index (χ1n) is 8.64. The molecule has 1 saturated carbocycles. The Morgan fingerprint density at radius 1 is 0.952 bits per heavy atom. The van der Waals surface area contributed by atoms with E-state index in [2.05, 4.69) is 0 Å². The Labute approximate surface area is 127 Å². The van der Waals surface area contributed by atoms with Gasteiger partial charge in [-0.1, -0.05) is 32.1 Å². The highest BCUT2D eigenvalue weighted by Gasteiger charge is 2.24.